The molecule has 0 bridgehead atoms. The number of nitrogens with zero attached hydrogens (tertiary/aromatic N) is 1. The van der Waals surface area contributed by atoms with Gasteiger partial charge in [-0.15, -0.1) is 0 Å². The van der Waals surface area contributed by atoms with Crippen molar-refractivity contribution in [1.82, 2.24) is 10.6 Å². The molecule has 0 aliphatic heterocycles. The van der Waals surface area contributed by atoms with E-state index in [4.69, 9.17) is 5.14 Å². The second-order valence-corrected chi connectivity index (χ2v) is 7.02. The van der Waals surface area contributed by atoms with Gasteiger partial charge in [0, 0.05) is 20.1 Å². The van der Waals surface area contributed by atoms with E-state index in [0.29, 0.717) is 19.0 Å². The van der Waals surface area contributed by atoms with E-state index in [2.05, 4.69) is 34.7 Å². The second-order valence-electron chi connectivity index (χ2n) is 5.46. The summed E-state index contributed by atoms with van der Waals surface area (Å²) >= 11 is 0. The van der Waals surface area contributed by atoms with E-state index in [0.717, 1.165) is 11.1 Å². The van der Waals surface area contributed by atoms with E-state index >= 15 is 0 Å². The lowest BCUT2D eigenvalue weighted by atomic mass is 10.1. The molecule has 0 amide bonds. The molecule has 2 rings (SSSR count). The van der Waals surface area contributed by atoms with Crippen LogP contribution < -0.4 is 15.8 Å². The maximum Gasteiger partial charge on any atom is 0.238 e. The molecule has 0 aliphatic rings. The van der Waals surface area contributed by atoms with Crippen LogP contribution in [0.3, 0.4) is 0 Å². The van der Waals surface area contributed by atoms with E-state index < -0.39 is 10.0 Å². The minimum Gasteiger partial charge on any atom is -0.352 e. The summed E-state index contributed by atoms with van der Waals surface area (Å²) < 4.78 is 22.8. The predicted octanol–water partition coefficient (Wildman–Crippen LogP) is 1.51. The molecule has 6 nitrogen and oxygen atoms in total. The smallest absolute Gasteiger partial charge is 0.238 e. The average molecular weight is 346 g/mol. The summed E-state index contributed by atoms with van der Waals surface area (Å²) in [6, 6.07) is 14.7. The highest BCUT2D eigenvalue weighted by atomic mass is 32.2. The van der Waals surface area contributed by atoms with E-state index in [9.17, 15) is 8.42 Å². The van der Waals surface area contributed by atoms with Crippen LogP contribution >= 0.6 is 0 Å². The molecular weight excluding hydrogens is 324 g/mol. The fourth-order valence-corrected chi connectivity index (χ4v) is 2.83. The van der Waals surface area contributed by atoms with E-state index in [-0.39, 0.29) is 4.90 Å². The van der Waals surface area contributed by atoms with Gasteiger partial charge in [0.2, 0.25) is 10.0 Å². The highest BCUT2D eigenvalue weighted by Gasteiger charge is 2.08. The van der Waals surface area contributed by atoms with Crippen molar-refractivity contribution in [2.45, 2.75) is 24.9 Å². The molecule has 4 N–H and O–H groups in total. The first-order chi connectivity index (χ1) is 11.4. The van der Waals surface area contributed by atoms with Crippen molar-refractivity contribution in [3.05, 3.63) is 65.2 Å². The number of rotatable bonds is 5. The van der Waals surface area contributed by atoms with Crippen molar-refractivity contribution in [3.8, 4) is 0 Å². The molecule has 0 aliphatic carbocycles. The van der Waals surface area contributed by atoms with Crippen molar-refractivity contribution in [1.29, 1.82) is 0 Å². The Bertz CT molecular complexity index is 832. The lowest BCUT2D eigenvalue weighted by Crippen LogP contribution is -2.36. The summed E-state index contributed by atoms with van der Waals surface area (Å²) in [5.74, 6) is 0.637. The number of nitrogens with one attached hydrogen (secondary N) is 2. The number of hydrogen-bond donors (Lipinski definition) is 3. The van der Waals surface area contributed by atoms with Crippen LogP contribution in [-0.2, 0) is 23.1 Å². The Balaban J connectivity index is 1.94. The van der Waals surface area contributed by atoms with Gasteiger partial charge in [-0.3, -0.25) is 4.99 Å². The topological polar surface area (TPSA) is 96.6 Å². The third kappa shape index (κ3) is 5.36. The van der Waals surface area contributed by atoms with Gasteiger partial charge >= 0.3 is 0 Å². The number of sulfonamides is 1. The zero-order valence-corrected chi connectivity index (χ0v) is 14.6. The Kier molecular flexibility index (Phi) is 5.94. The Morgan fingerprint density at radius 2 is 1.62 bits per heavy atom. The summed E-state index contributed by atoms with van der Waals surface area (Å²) in [7, 11) is -2.01. The molecule has 0 saturated heterocycles. The van der Waals surface area contributed by atoms with Crippen LogP contribution in [0.5, 0.6) is 0 Å². The van der Waals surface area contributed by atoms with Crippen LogP contribution in [-0.4, -0.2) is 21.4 Å². The molecule has 0 atom stereocenters. The number of benzene rings is 2. The quantitative estimate of drug-likeness (QED) is 0.565. The monoisotopic (exact) mass is 346 g/mol. The number of primary sulfonamides is 1. The van der Waals surface area contributed by atoms with Gasteiger partial charge in [0.15, 0.2) is 5.96 Å². The highest BCUT2D eigenvalue weighted by Crippen LogP contribution is 2.09. The minimum absolute atomic E-state index is 0.101. The molecule has 2 aromatic carbocycles. The van der Waals surface area contributed by atoms with Crippen LogP contribution in [0, 0.1) is 6.92 Å². The standard InChI is InChI=1S/C17H22N4O2S/c1-13-5-3-6-14(9-13)11-20-17(19-2)21-12-15-7-4-8-16(10-15)24(18,22)23/h3-10H,11-12H2,1-2H3,(H2,18,22,23)(H2,19,20,21). The number of hydrogen-bond acceptors (Lipinski definition) is 3. The first-order valence-corrected chi connectivity index (χ1v) is 9.05. The van der Waals surface area contributed by atoms with Gasteiger partial charge in [0.05, 0.1) is 4.90 Å². The number of aliphatic imine (C=N–C) groups is 1. The van der Waals surface area contributed by atoms with Gasteiger partial charge in [-0.25, -0.2) is 13.6 Å². The summed E-state index contributed by atoms with van der Waals surface area (Å²) in [6.07, 6.45) is 0. The predicted molar refractivity (Wildman–Crippen MR) is 96.0 cm³/mol. The Labute approximate surface area is 142 Å². The van der Waals surface area contributed by atoms with Crippen LogP contribution in [0.25, 0.3) is 0 Å². The Morgan fingerprint density at radius 3 is 2.17 bits per heavy atom. The van der Waals surface area contributed by atoms with Crippen LogP contribution in [0.1, 0.15) is 16.7 Å². The maximum atomic E-state index is 11.4. The zero-order valence-electron chi connectivity index (χ0n) is 13.8. The molecule has 0 heterocycles. The van der Waals surface area contributed by atoms with Crippen molar-refractivity contribution in [2.75, 3.05) is 7.05 Å². The number of aryl methyl sites for hydroxylation is 1. The molecule has 0 unspecified atom stereocenters. The average Bonchev–Trinajstić information content (AvgIpc) is 2.54. The van der Waals surface area contributed by atoms with E-state index in [1.165, 1.54) is 11.6 Å². The molecule has 24 heavy (non-hydrogen) atoms. The van der Waals surface area contributed by atoms with Crippen molar-refractivity contribution in [3.63, 3.8) is 0 Å². The van der Waals surface area contributed by atoms with Gasteiger partial charge in [0.1, 0.15) is 0 Å². The fraction of sp³-hybridized carbons (Fsp3) is 0.235. The van der Waals surface area contributed by atoms with Gasteiger partial charge in [0.25, 0.3) is 0 Å². The van der Waals surface area contributed by atoms with Crippen LogP contribution in [0.4, 0.5) is 0 Å². The van der Waals surface area contributed by atoms with Crippen LogP contribution in [0.15, 0.2) is 58.4 Å². The zero-order chi connectivity index (χ0) is 17.6. The molecule has 0 radical (unpaired) electrons. The highest BCUT2D eigenvalue weighted by molar-refractivity contribution is 7.89. The fourth-order valence-electron chi connectivity index (χ4n) is 2.25. The van der Waals surface area contributed by atoms with Crippen molar-refractivity contribution >= 4 is 16.0 Å². The summed E-state index contributed by atoms with van der Waals surface area (Å²) in [5.41, 5.74) is 3.17. The van der Waals surface area contributed by atoms with Crippen molar-refractivity contribution < 1.29 is 8.42 Å². The van der Waals surface area contributed by atoms with Gasteiger partial charge < -0.3 is 10.6 Å². The van der Waals surface area contributed by atoms with Gasteiger partial charge in [-0.1, -0.05) is 42.0 Å². The molecule has 0 saturated carbocycles. The lowest BCUT2D eigenvalue weighted by molar-refractivity contribution is 0.597. The number of guanidine groups is 1. The van der Waals surface area contributed by atoms with E-state index in [1.807, 2.05) is 18.2 Å². The first kappa shape index (κ1) is 18.0. The SMILES string of the molecule is CN=C(NCc1cccc(C)c1)NCc1cccc(S(N)(=O)=O)c1. The number of nitrogens with two attached hydrogens (primary N) is 1. The summed E-state index contributed by atoms with van der Waals surface area (Å²) in [5, 5.41) is 11.5. The maximum absolute atomic E-state index is 11.4. The molecule has 128 valence electrons. The van der Waals surface area contributed by atoms with Gasteiger partial charge in [-0.05, 0) is 30.2 Å². The second kappa shape index (κ2) is 7.94. The molecule has 2 aromatic rings. The van der Waals surface area contributed by atoms with Gasteiger partial charge in [-0.2, -0.15) is 0 Å². The van der Waals surface area contributed by atoms with Crippen molar-refractivity contribution in [2.24, 2.45) is 10.1 Å². The Morgan fingerprint density at radius 1 is 1.04 bits per heavy atom. The lowest BCUT2D eigenvalue weighted by Gasteiger charge is -2.12. The molecule has 7 heteroatoms. The molecule has 0 fully saturated rings. The summed E-state index contributed by atoms with van der Waals surface area (Å²) in [4.78, 5) is 4.26. The molecule has 0 aromatic heterocycles. The summed E-state index contributed by atoms with van der Waals surface area (Å²) in [6.45, 7) is 3.14. The minimum atomic E-state index is -3.69. The molecule has 0 spiro atoms. The third-order valence-electron chi connectivity index (χ3n) is 3.45. The normalized spacial score (nSPS) is 12.0. The largest absolute Gasteiger partial charge is 0.352 e. The Hall–Kier alpha value is -2.38. The van der Waals surface area contributed by atoms with Crippen LogP contribution in [0.2, 0.25) is 0 Å². The van der Waals surface area contributed by atoms with E-state index in [1.54, 1.807) is 19.2 Å². The first-order valence-electron chi connectivity index (χ1n) is 7.50. The molecular formula is C17H22N4O2S. The third-order valence-corrected chi connectivity index (χ3v) is 4.36.